The molecule has 1 atom stereocenters. The highest BCUT2D eigenvalue weighted by Gasteiger charge is 2.36. The van der Waals surface area contributed by atoms with Gasteiger partial charge in [-0.05, 0) is 39.7 Å². The molecule has 7 heteroatoms. The fourth-order valence-corrected chi connectivity index (χ4v) is 3.67. The van der Waals surface area contributed by atoms with Gasteiger partial charge in [0.15, 0.2) is 0 Å². The van der Waals surface area contributed by atoms with Crippen molar-refractivity contribution in [3.05, 3.63) is 58.6 Å². The Bertz CT molecular complexity index is 915. The van der Waals surface area contributed by atoms with Gasteiger partial charge in [0, 0.05) is 43.6 Å². The Morgan fingerprint density at radius 2 is 1.86 bits per heavy atom. The van der Waals surface area contributed by atoms with Crippen LogP contribution >= 0.6 is 15.9 Å². The molecule has 1 N–H and O–H groups in total. The molecule has 1 fully saturated rings. The zero-order chi connectivity index (χ0) is 20.3. The topological polar surface area (TPSA) is 69.7 Å². The Hall–Kier alpha value is -2.67. The first-order valence-corrected chi connectivity index (χ1v) is 9.81. The number of nitrogens with zero attached hydrogens (tertiary/aromatic N) is 2. The summed E-state index contributed by atoms with van der Waals surface area (Å²) < 4.78 is 0.821. The van der Waals surface area contributed by atoms with E-state index in [1.165, 1.54) is 6.92 Å². The van der Waals surface area contributed by atoms with Crippen LogP contribution in [0.1, 0.15) is 18.9 Å². The molecule has 1 aliphatic rings. The Balaban J connectivity index is 1.72. The summed E-state index contributed by atoms with van der Waals surface area (Å²) in [6.45, 7) is 2.24. The van der Waals surface area contributed by atoms with E-state index in [1.54, 1.807) is 16.8 Å². The lowest BCUT2D eigenvalue weighted by molar-refractivity contribution is -0.128. The quantitative estimate of drug-likeness (QED) is 0.769. The first-order chi connectivity index (χ1) is 13.4. The Kier molecular flexibility index (Phi) is 6.14. The molecule has 2 aromatic carbocycles. The van der Waals surface area contributed by atoms with E-state index < -0.39 is 5.92 Å². The maximum atomic E-state index is 12.8. The molecule has 1 aliphatic heterocycles. The van der Waals surface area contributed by atoms with Gasteiger partial charge >= 0.3 is 0 Å². The Morgan fingerprint density at radius 1 is 1.18 bits per heavy atom. The standard InChI is InChI=1S/C21H22BrN3O3/c1-14(26)24(2)12-15-7-3-5-9-18(15)23-21(28)16-11-20(27)25(13-16)19-10-6-4-8-17(19)22/h3-10,16H,11-13H2,1-2H3,(H,23,28). The van der Waals surface area contributed by atoms with Crippen LogP contribution in [0, 0.1) is 5.92 Å². The molecule has 2 aromatic rings. The van der Waals surface area contributed by atoms with Gasteiger partial charge < -0.3 is 15.1 Å². The molecule has 0 aliphatic carbocycles. The number of benzene rings is 2. The summed E-state index contributed by atoms with van der Waals surface area (Å²) in [6, 6.07) is 14.9. The van der Waals surface area contributed by atoms with E-state index in [2.05, 4.69) is 21.2 Å². The summed E-state index contributed by atoms with van der Waals surface area (Å²) in [5.41, 5.74) is 2.28. The van der Waals surface area contributed by atoms with E-state index in [0.717, 1.165) is 15.7 Å². The first kappa shape index (κ1) is 20.1. The molecular weight excluding hydrogens is 422 g/mol. The molecule has 3 rings (SSSR count). The van der Waals surface area contributed by atoms with Crippen LogP contribution in [0.25, 0.3) is 0 Å². The average molecular weight is 444 g/mol. The second kappa shape index (κ2) is 8.56. The number of carbonyl (C=O) groups is 3. The molecule has 0 radical (unpaired) electrons. The van der Waals surface area contributed by atoms with Crippen LogP contribution in [0.2, 0.25) is 0 Å². The van der Waals surface area contributed by atoms with E-state index in [4.69, 9.17) is 0 Å². The fraction of sp³-hybridized carbons (Fsp3) is 0.286. The zero-order valence-electron chi connectivity index (χ0n) is 15.8. The van der Waals surface area contributed by atoms with E-state index in [1.807, 2.05) is 48.5 Å². The van der Waals surface area contributed by atoms with Gasteiger partial charge in [0.2, 0.25) is 17.7 Å². The van der Waals surface area contributed by atoms with Gasteiger partial charge in [-0.1, -0.05) is 30.3 Å². The van der Waals surface area contributed by atoms with Crippen molar-refractivity contribution in [1.82, 2.24) is 4.90 Å². The third kappa shape index (κ3) is 4.42. The summed E-state index contributed by atoms with van der Waals surface area (Å²) in [5.74, 6) is -0.748. The number of para-hydroxylation sites is 2. The van der Waals surface area contributed by atoms with Crippen LogP contribution in [-0.4, -0.2) is 36.2 Å². The van der Waals surface area contributed by atoms with Gasteiger partial charge in [-0.3, -0.25) is 14.4 Å². The highest BCUT2D eigenvalue weighted by molar-refractivity contribution is 9.10. The number of anilines is 2. The Morgan fingerprint density at radius 3 is 2.57 bits per heavy atom. The van der Waals surface area contributed by atoms with Gasteiger partial charge in [-0.2, -0.15) is 0 Å². The van der Waals surface area contributed by atoms with Crippen molar-refractivity contribution >= 4 is 45.0 Å². The number of rotatable bonds is 5. The van der Waals surface area contributed by atoms with Gasteiger partial charge in [0.1, 0.15) is 0 Å². The van der Waals surface area contributed by atoms with Gasteiger partial charge in [0.25, 0.3) is 0 Å². The smallest absolute Gasteiger partial charge is 0.229 e. The molecule has 1 saturated heterocycles. The van der Waals surface area contributed by atoms with Crippen molar-refractivity contribution in [2.45, 2.75) is 19.9 Å². The molecule has 6 nitrogen and oxygen atoms in total. The van der Waals surface area contributed by atoms with Crippen molar-refractivity contribution in [2.75, 3.05) is 23.8 Å². The summed E-state index contributed by atoms with van der Waals surface area (Å²) in [5, 5.41) is 2.94. The van der Waals surface area contributed by atoms with Gasteiger partial charge in [0.05, 0.1) is 11.6 Å². The van der Waals surface area contributed by atoms with E-state index >= 15 is 0 Å². The number of hydrogen-bond acceptors (Lipinski definition) is 3. The highest BCUT2D eigenvalue weighted by Crippen LogP contribution is 2.32. The monoisotopic (exact) mass is 443 g/mol. The molecule has 1 heterocycles. The van der Waals surface area contributed by atoms with E-state index in [-0.39, 0.29) is 24.1 Å². The van der Waals surface area contributed by atoms with Crippen molar-refractivity contribution in [3.63, 3.8) is 0 Å². The van der Waals surface area contributed by atoms with Crippen molar-refractivity contribution in [1.29, 1.82) is 0 Å². The third-order valence-electron chi connectivity index (χ3n) is 4.86. The second-order valence-electron chi connectivity index (χ2n) is 6.88. The molecule has 146 valence electrons. The minimum Gasteiger partial charge on any atom is -0.342 e. The van der Waals surface area contributed by atoms with E-state index in [9.17, 15) is 14.4 Å². The maximum absolute atomic E-state index is 12.8. The molecule has 28 heavy (non-hydrogen) atoms. The van der Waals surface area contributed by atoms with Crippen LogP contribution in [0.3, 0.4) is 0 Å². The molecule has 3 amide bonds. The predicted octanol–water partition coefficient (Wildman–Crippen LogP) is 3.42. The largest absolute Gasteiger partial charge is 0.342 e. The van der Waals surface area contributed by atoms with Crippen molar-refractivity contribution < 1.29 is 14.4 Å². The normalized spacial score (nSPS) is 16.2. The summed E-state index contributed by atoms with van der Waals surface area (Å²) in [7, 11) is 1.71. The van der Waals surface area contributed by atoms with Crippen molar-refractivity contribution in [3.8, 4) is 0 Å². The van der Waals surface area contributed by atoms with Crippen LogP contribution in [-0.2, 0) is 20.9 Å². The molecule has 1 unspecified atom stereocenters. The lowest BCUT2D eigenvalue weighted by atomic mass is 10.1. The summed E-state index contributed by atoms with van der Waals surface area (Å²) in [4.78, 5) is 40.0. The average Bonchev–Trinajstić information content (AvgIpc) is 3.05. The summed E-state index contributed by atoms with van der Waals surface area (Å²) in [6.07, 6.45) is 0.169. The SMILES string of the molecule is CC(=O)N(C)Cc1ccccc1NC(=O)C1CC(=O)N(c2ccccc2Br)C1. The van der Waals surface area contributed by atoms with E-state index in [0.29, 0.717) is 18.8 Å². The van der Waals surface area contributed by atoms with Crippen LogP contribution in [0.5, 0.6) is 0 Å². The Labute approximate surface area is 172 Å². The predicted molar refractivity (Wildman–Crippen MR) is 112 cm³/mol. The summed E-state index contributed by atoms with van der Waals surface area (Å²) >= 11 is 3.46. The molecule has 0 spiro atoms. The minimum absolute atomic E-state index is 0.0494. The maximum Gasteiger partial charge on any atom is 0.229 e. The number of hydrogen-bond donors (Lipinski definition) is 1. The molecule has 0 saturated carbocycles. The zero-order valence-corrected chi connectivity index (χ0v) is 17.4. The second-order valence-corrected chi connectivity index (χ2v) is 7.73. The van der Waals surface area contributed by atoms with Crippen LogP contribution in [0.4, 0.5) is 11.4 Å². The lowest BCUT2D eigenvalue weighted by Crippen LogP contribution is -2.29. The first-order valence-electron chi connectivity index (χ1n) is 9.02. The number of nitrogens with one attached hydrogen (secondary N) is 1. The highest BCUT2D eigenvalue weighted by atomic mass is 79.9. The number of amides is 3. The molecule has 0 bridgehead atoms. The number of carbonyl (C=O) groups excluding carboxylic acids is 3. The van der Waals surface area contributed by atoms with Crippen LogP contribution in [0.15, 0.2) is 53.0 Å². The lowest BCUT2D eigenvalue weighted by Gasteiger charge is -2.20. The van der Waals surface area contributed by atoms with Crippen molar-refractivity contribution in [2.24, 2.45) is 5.92 Å². The molecular formula is C21H22BrN3O3. The van der Waals surface area contributed by atoms with Crippen LogP contribution < -0.4 is 10.2 Å². The minimum atomic E-state index is -0.432. The number of halogens is 1. The van der Waals surface area contributed by atoms with Gasteiger partial charge in [-0.25, -0.2) is 0 Å². The fourth-order valence-electron chi connectivity index (χ4n) is 3.17. The molecule has 0 aromatic heterocycles. The third-order valence-corrected chi connectivity index (χ3v) is 5.53. The van der Waals surface area contributed by atoms with Gasteiger partial charge in [-0.15, -0.1) is 0 Å².